The molecule has 0 spiro atoms. The Kier molecular flexibility index (Phi) is 2.60. The van der Waals surface area contributed by atoms with E-state index in [0.717, 1.165) is 0 Å². The normalized spacial score (nSPS) is 18.5. The Balaban J connectivity index is 2.62. The van der Waals surface area contributed by atoms with Gasteiger partial charge in [-0.1, -0.05) is 0 Å². The Morgan fingerprint density at radius 1 is 1.31 bits per heavy atom. The first-order valence-corrected chi connectivity index (χ1v) is 3.87. The van der Waals surface area contributed by atoms with Gasteiger partial charge in [0.1, 0.15) is 0 Å². The summed E-state index contributed by atoms with van der Waals surface area (Å²) in [5.74, 6) is -4.26. The van der Waals surface area contributed by atoms with Crippen molar-refractivity contribution in [2.75, 3.05) is 13.1 Å². The number of alkyl halides is 2. The van der Waals surface area contributed by atoms with Gasteiger partial charge < -0.3 is 5.73 Å². The quantitative estimate of drug-likeness (QED) is 0.626. The SMILES string of the molecule is NCC(F)(F)CN1C(=O)CCC1=O. The van der Waals surface area contributed by atoms with E-state index in [4.69, 9.17) is 5.73 Å². The molecular formula is C7H10F2N2O2. The second-order valence-electron chi connectivity index (χ2n) is 2.93. The van der Waals surface area contributed by atoms with Crippen LogP contribution in [0.1, 0.15) is 12.8 Å². The van der Waals surface area contributed by atoms with Crippen molar-refractivity contribution in [3.05, 3.63) is 0 Å². The lowest BCUT2D eigenvalue weighted by atomic mass is 10.3. The van der Waals surface area contributed by atoms with Crippen molar-refractivity contribution in [1.82, 2.24) is 4.90 Å². The highest BCUT2D eigenvalue weighted by molar-refractivity contribution is 6.01. The number of halogens is 2. The highest BCUT2D eigenvalue weighted by atomic mass is 19.3. The summed E-state index contributed by atoms with van der Waals surface area (Å²) in [6.45, 7) is -1.74. The van der Waals surface area contributed by atoms with Gasteiger partial charge in [-0.2, -0.15) is 0 Å². The predicted molar refractivity (Wildman–Crippen MR) is 40.0 cm³/mol. The summed E-state index contributed by atoms with van der Waals surface area (Å²) in [5, 5.41) is 0. The van der Waals surface area contributed by atoms with Gasteiger partial charge in [0.05, 0.1) is 13.1 Å². The van der Waals surface area contributed by atoms with Crippen LogP contribution in [-0.4, -0.2) is 35.7 Å². The van der Waals surface area contributed by atoms with Crippen LogP contribution < -0.4 is 5.73 Å². The summed E-state index contributed by atoms with van der Waals surface area (Å²) in [6, 6.07) is 0. The second-order valence-corrected chi connectivity index (χ2v) is 2.93. The molecule has 1 aliphatic heterocycles. The van der Waals surface area contributed by atoms with Crippen LogP contribution in [0.5, 0.6) is 0 Å². The molecule has 0 aromatic heterocycles. The highest BCUT2D eigenvalue weighted by Crippen LogP contribution is 2.19. The lowest BCUT2D eigenvalue weighted by Crippen LogP contribution is -2.44. The lowest BCUT2D eigenvalue weighted by Gasteiger charge is -2.20. The Bertz CT molecular complexity index is 227. The molecule has 13 heavy (non-hydrogen) atoms. The smallest absolute Gasteiger partial charge is 0.277 e. The average Bonchev–Trinajstić information content (AvgIpc) is 2.36. The molecule has 1 aliphatic rings. The molecule has 2 amide bonds. The van der Waals surface area contributed by atoms with E-state index in [9.17, 15) is 18.4 Å². The highest BCUT2D eigenvalue weighted by Gasteiger charge is 2.38. The number of amides is 2. The van der Waals surface area contributed by atoms with Crippen molar-refractivity contribution in [3.63, 3.8) is 0 Å². The Morgan fingerprint density at radius 2 is 1.77 bits per heavy atom. The standard InChI is InChI=1S/C7H10F2N2O2/c8-7(9,3-10)4-11-5(12)1-2-6(11)13/h1-4,10H2. The first-order chi connectivity index (χ1) is 5.96. The molecule has 1 fully saturated rings. The lowest BCUT2D eigenvalue weighted by molar-refractivity contribution is -0.144. The number of likely N-dealkylation sites (tertiary alicyclic amines) is 1. The summed E-state index contributed by atoms with van der Waals surface area (Å²) in [5.41, 5.74) is 4.78. The summed E-state index contributed by atoms with van der Waals surface area (Å²) in [6.07, 6.45) is 0.0545. The Morgan fingerprint density at radius 3 is 2.15 bits per heavy atom. The van der Waals surface area contributed by atoms with Crippen molar-refractivity contribution >= 4 is 11.8 Å². The predicted octanol–water partition coefficient (Wildman–Crippen LogP) is -0.271. The van der Waals surface area contributed by atoms with Crippen molar-refractivity contribution in [3.8, 4) is 0 Å². The van der Waals surface area contributed by atoms with E-state index in [2.05, 4.69) is 0 Å². The maximum Gasteiger partial charge on any atom is 0.277 e. The molecule has 1 rings (SSSR count). The average molecular weight is 192 g/mol. The monoisotopic (exact) mass is 192 g/mol. The van der Waals surface area contributed by atoms with Gasteiger partial charge in [-0.15, -0.1) is 0 Å². The van der Waals surface area contributed by atoms with Crippen molar-refractivity contribution in [1.29, 1.82) is 0 Å². The van der Waals surface area contributed by atoms with Gasteiger partial charge in [-0.05, 0) is 0 Å². The minimum absolute atomic E-state index is 0.0273. The van der Waals surface area contributed by atoms with Crippen molar-refractivity contribution in [2.24, 2.45) is 5.73 Å². The molecule has 0 saturated carbocycles. The molecule has 0 unspecified atom stereocenters. The van der Waals surface area contributed by atoms with E-state index < -0.39 is 30.8 Å². The van der Waals surface area contributed by atoms with Gasteiger partial charge in [-0.25, -0.2) is 8.78 Å². The molecular weight excluding hydrogens is 182 g/mol. The summed E-state index contributed by atoms with van der Waals surface area (Å²) < 4.78 is 25.4. The summed E-state index contributed by atoms with van der Waals surface area (Å²) in [7, 11) is 0. The zero-order chi connectivity index (χ0) is 10.1. The minimum atomic E-state index is -3.17. The third-order valence-corrected chi connectivity index (χ3v) is 1.84. The Hall–Kier alpha value is -1.04. The molecule has 0 aliphatic carbocycles. The van der Waals surface area contributed by atoms with Gasteiger partial charge in [0.2, 0.25) is 11.8 Å². The fourth-order valence-electron chi connectivity index (χ4n) is 1.10. The molecule has 74 valence electrons. The molecule has 0 aromatic rings. The van der Waals surface area contributed by atoms with Crippen LogP contribution in [0.3, 0.4) is 0 Å². The first kappa shape index (κ1) is 10.0. The van der Waals surface area contributed by atoms with Crippen LogP contribution in [0, 0.1) is 0 Å². The van der Waals surface area contributed by atoms with Crippen LogP contribution in [0.15, 0.2) is 0 Å². The number of carbonyl (C=O) groups is 2. The molecule has 0 atom stereocenters. The summed E-state index contributed by atoms with van der Waals surface area (Å²) in [4.78, 5) is 22.4. The Labute approximate surface area is 73.7 Å². The van der Waals surface area contributed by atoms with E-state index in [1.165, 1.54) is 0 Å². The van der Waals surface area contributed by atoms with Crippen LogP contribution in [-0.2, 0) is 9.59 Å². The van der Waals surface area contributed by atoms with Gasteiger partial charge in [-0.3, -0.25) is 14.5 Å². The number of hydrogen-bond acceptors (Lipinski definition) is 3. The molecule has 1 heterocycles. The molecule has 0 radical (unpaired) electrons. The third kappa shape index (κ3) is 2.21. The van der Waals surface area contributed by atoms with Crippen LogP contribution in [0.4, 0.5) is 8.78 Å². The van der Waals surface area contributed by atoms with E-state index in [1.54, 1.807) is 0 Å². The van der Waals surface area contributed by atoms with Crippen LogP contribution in [0.25, 0.3) is 0 Å². The number of carbonyl (C=O) groups excluding carboxylic acids is 2. The third-order valence-electron chi connectivity index (χ3n) is 1.84. The van der Waals surface area contributed by atoms with Gasteiger partial charge >= 0.3 is 0 Å². The van der Waals surface area contributed by atoms with E-state index in [0.29, 0.717) is 4.90 Å². The van der Waals surface area contributed by atoms with E-state index in [-0.39, 0.29) is 12.8 Å². The van der Waals surface area contributed by atoms with E-state index in [1.807, 2.05) is 0 Å². The molecule has 0 bridgehead atoms. The number of hydrogen-bond donors (Lipinski definition) is 1. The summed E-state index contributed by atoms with van der Waals surface area (Å²) >= 11 is 0. The zero-order valence-corrected chi connectivity index (χ0v) is 6.93. The van der Waals surface area contributed by atoms with E-state index >= 15 is 0 Å². The fraction of sp³-hybridized carbons (Fsp3) is 0.714. The second kappa shape index (κ2) is 3.37. The molecule has 0 aromatic carbocycles. The number of imide groups is 1. The topological polar surface area (TPSA) is 63.4 Å². The number of nitrogens with zero attached hydrogens (tertiary/aromatic N) is 1. The van der Waals surface area contributed by atoms with Crippen molar-refractivity contribution < 1.29 is 18.4 Å². The molecule has 2 N–H and O–H groups in total. The fourth-order valence-corrected chi connectivity index (χ4v) is 1.10. The number of nitrogens with two attached hydrogens (primary N) is 1. The maximum atomic E-state index is 12.7. The number of rotatable bonds is 3. The molecule has 4 nitrogen and oxygen atoms in total. The minimum Gasteiger partial charge on any atom is -0.325 e. The maximum absolute atomic E-state index is 12.7. The molecule has 6 heteroatoms. The van der Waals surface area contributed by atoms with Crippen LogP contribution >= 0.6 is 0 Å². The van der Waals surface area contributed by atoms with Crippen LogP contribution in [0.2, 0.25) is 0 Å². The van der Waals surface area contributed by atoms with Crippen molar-refractivity contribution in [2.45, 2.75) is 18.8 Å². The molecule has 1 saturated heterocycles. The zero-order valence-electron chi connectivity index (χ0n) is 6.93. The first-order valence-electron chi connectivity index (χ1n) is 3.87. The van der Waals surface area contributed by atoms with Gasteiger partial charge in [0, 0.05) is 12.8 Å². The van der Waals surface area contributed by atoms with Gasteiger partial charge in [0.25, 0.3) is 5.92 Å². The van der Waals surface area contributed by atoms with Gasteiger partial charge in [0.15, 0.2) is 0 Å². The largest absolute Gasteiger partial charge is 0.325 e.